The molecule has 0 saturated heterocycles. The van der Waals surface area contributed by atoms with Gasteiger partial charge in [0.05, 0.1) is 0 Å². The second kappa shape index (κ2) is 4.78. The summed E-state index contributed by atoms with van der Waals surface area (Å²) in [5.74, 6) is 0.720. The van der Waals surface area contributed by atoms with Crippen molar-refractivity contribution in [2.75, 3.05) is 5.73 Å². The molecule has 21 heavy (non-hydrogen) atoms. The van der Waals surface area contributed by atoms with Crippen molar-refractivity contribution in [1.82, 2.24) is 0 Å². The SMILES string of the molecule is CC1(C)Cc2cc(C(=O)c3cc(Cl)ccc3N)ccc2O1. The third kappa shape index (κ3) is 2.61. The fraction of sp³-hybridized carbons (Fsp3) is 0.235. The van der Waals surface area contributed by atoms with Crippen molar-refractivity contribution in [3.63, 3.8) is 0 Å². The van der Waals surface area contributed by atoms with Gasteiger partial charge in [-0.25, -0.2) is 0 Å². The fourth-order valence-electron chi connectivity index (χ4n) is 2.63. The average Bonchev–Trinajstić information content (AvgIpc) is 2.73. The molecule has 0 spiro atoms. The largest absolute Gasteiger partial charge is 0.487 e. The summed E-state index contributed by atoms with van der Waals surface area (Å²) in [5, 5.41) is 0.498. The molecule has 0 aromatic heterocycles. The van der Waals surface area contributed by atoms with Crippen molar-refractivity contribution in [2.24, 2.45) is 0 Å². The number of carbonyl (C=O) groups is 1. The van der Waals surface area contributed by atoms with E-state index in [1.54, 1.807) is 24.3 Å². The molecule has 4 heteroatoms. The Balaban J connectivity index is 1.99. The van der Waals surface area contributed by atoms with Gasteiger partial charge in [0.2, 0.25) is 0 Å². The van der Waals surface area contributed by atoms with E-state index in [0.29, 0.717) is 21.8 Å². The van der Waals surface area contributed by atoms with Crippen LogP contribution in [0.1, 0.15) is 35.3 Å². The van der Waals surface area contributed by atoms with Crippen molar-refractivity contribution in [2.45, 2.75) is 25.9 Å². The fourth-order valence-corrected chi connectivity index (χ4v) is 2.80. The summed E-state index contributed by atoms with van der Waals surface area (Å²) in [4.78, 5) is 12.6. The van der Waals surface area contributed by atoms with Gasteiger partial charge in [0.1, 0.15) is 11.4 Å². The van der Waals surface area contributed by atoms with Crippen LogP contribution in [-0.2, 0) is 6.42 Å². The van der Waals surface area contributed by atoms with Crippen LogP contribution in [0.15, 0.2) is 36.4 Å². The number of benzene rings is 2. The number of anilines is 1. The number of hydrogen-bond acceptors (Lipinski definition) is 3. The van der Waals surface area contributed by atoms with Crippen LogP contribution in [0.5, 0.6) is 5.75 Å². The number of halogens is 1. The van der Waals surface area contributed by atoms with Gasteiger partial charge in [0.25, 0.3) is 0 Å². The minimum atomic E-state index is -0.223. The molecule has 0 amide bonds. The molecule has 2 N–H and O–H groups in total. The predicted molar refractivity (Wildman–Crippen MR) is 84.1 cm³/mol. The van der Waals surface area contributed by atoms with Crippen molar-refractivity contribution in [3.8, 4) is 5.75 Å². The highest BCUT2D eigenvalue weighted by Gasteiger charge is 2.30. The van der Waals surface area contributed by atoms with Gasteiger partial charge in [-0.1, -0.05) is 11.6 Å². The molecule has 1 heterocycles. The minimum absolute atomic E-state index is 0.123. The molecule has 1 aliphatic heterocycles. The summed E-state index contributed by atoms with van der Waals surface area (Å²) in [7, 11) is 0. The summed E-state index contributed by atoms with van der Waals surface area (Å²) in [6, 6.07) is 10.4. The number of ketones is 1. The Kier molecular flexibility index (Phi) is 3.18. The van der Waals surface area contributed by atoms with E-state index in [4.69, 9.17) is 22.1 Å². The Hall–Kier alpha value is -2.00. The van der Waals surface area contributed by atoms with Gasteiger partial charge in [0, 0.05) is 28.3 Å². The van der Waals surface area contributed by atoms with Crippen molar-refractivity contribution in [3.05, 3.63) is 58.1 Å². The number of hydrogen-bond donors (Lipinski definition) is 1. The van der Waals surface area contributed by atoms with Crippen LogP contribution in [0.25, 0.3) is 0 Å². The number of carbonyl (C=O) groups excluding carboxylic acids is 1. The molecule has 0 fully saturated rings. The van der Waals surface area contributed by atoms with E-state index in [0.717, 1.165) is 17.7 Å². The van der Waals surface area contributed by atoms with E-state index in [9.17, 15) is 4.79 Å². The van der Waals surface area contributed by atoms with E-state index < -0.39 is 0 Å². The Labute approximate surface area is 128 Å². The van der Waals surface area contributed by atoms with Crippen LogP contribution >= 0.6 is 11.6 Å². The first-order valence-corrected chi connectivity index (χ1v) is 7.15. The van der Waals surface area contributed by atoms with Crippen LogP contribution in [-0.4, -0.2) is 11.4 Å². The monoisotopic (exact) mass is 301 g/mol. The molecule has 3 rings (SSSR count). The lowest BCUT2D eigenvalue weighted by Gasteiger charge is -2.16. The summed E-state index contributed by atoms with van der Waals surface area (Å²) in [5.41, 5.74) is 8.17. The standard InChI is InChI=1S/C17H16ClNO2/c1-17(2)9-11-7-10(3-6-15(11)21-17)16(20)13-8-12(18)4-5-14(13)19/h3-8H,9,19H2,1-2H3. The maximum Gasteiger partial charge on any atom is 0.195 e. The van der Waals surface area contributed by atoms with Gasteiger partial charge in [0.15, 0.2) is 5.78 Å². The summed E-state index contributed by atoms with van der Waals surface area (Å²) >= 11 is 5.95. The molecule has 1 aliphatic rings. The summed E-state index contributed by atoms with van der Waals surface area (Å²) in [6.45, 7) is 4.06. The quantitative estimate of drug-likeness (QED) is 0.677. The number of nitrogens with two attached hydrogens (primary N) is 1. The van der Waals surface area contributed by atoms with Crippen molar-refractivity contribution < 1.29 is 9.53 Å². The molecule has 108 valence electrons. The van der Waals surface area contributed by atoms with Crippen LogP contribution in [0.3, 0.4) is 0 Å². The van der Waals surface area contributed by atoms with E-state index in [2.05, 4.69) is 0 Å². The minimum Gasteiger partial charge on any atom is -0.487 e. The van der Waals surface area contributed by atoms with E-state index >= 15 is 0 Å². The third-order valence-electron chi connectivity index (χ3n) is 3.59. The first-order valence-electron chi connectivity index (χ1n) is 6.77. The Morgan fingerprint density at radius 3 is 2.76 bits per heavy atom. The second-order valence-corrected chi connectivity index (χ2v) is 6.36. The van der Waals surface area contributed by atoms with Crippen molar-refractivity contribution in [1.29, 1.82) is 0 Å². The molecule has 0 bridgehead atoms. The second-order valence-electron chi connectivity index (χ2n) is 5.92. The van der Waals surface area contributed by atoms with Crippen LogP contribution in [0, 0.1) is 0 Å². The highest BCUT2D eigenvalue weighted by Crippen LogP contribution is 2.35. The lowest BCUT2D eigenvalue weighted by atomic mass is 9.96. The molecule has 3 nitrogen and oxygen atoms in total. The third-order valence-corrected chi connectivity index (χ3v) is 3.82. The molecule has 2 aromatic rings. The predicted octanol–water partition coefficient (Wildman–Crippen LogP) is 3.87. The van der Waals surface area contributed by atoms with Gasteiger partial charge >= 0.3 is 0 Å². The zero-order valence-electron chi connectivity index (χ0n) is 11.9. The maximum absolute atomic E-state index is 12.6. The van der Waals surface area contributed by atoms with Crippen LogP contribution < -0.4 is 10.5 Å². The summed E-state index contributed by atoms with van der Waals surface area (Å²) in [6.07, 6.45) is 0.786. The van der Waals surface area contributed by atoms with Gasteiger partial charge in [-0.05, 0) is 55.8 Å². The maximum atomic E-state index is 12.6. The zero-order valence-corrected chi connectivity index (χ0v) is 12.7. The summed E-state index contributed by atoms with van der Waals surface area (Å²) < 4.78 is 5.82. The Morgan fingerprint density at radius 1 is 1.24 bits per heavy atom. The van der Waals surface area contributed by atoms with E-state index in [1.165, 1.54) is 0 Å². The molecule has 0 radical (unpaired) electrons. The van der Waals surface area contributed by atoms with Gasteiger partial charge < -0.3 is 10.5 Å². The average molecular weight is 302 g/mol. The first-order chi connectivity index (χ1) is 9.85. The zero-order chi connectivity index (χ0) is 15.2. The highest BCUT2D eigenvalue weighted by molar-refractivity contribution is 6.31. The lowest BCUT2D eigenvalue weighted by Crippen LogP contribution is -2.24. The van der Waals surface area contributed by atoms with Crippen LogP contribution in [0.2, 0.25) is 5.02 Å². The molecular weight excluding hydrogens is 286 g/mol. The molecule has 0 aliphatic carbocycles. The molecular formula is C17H16ClNO2. The van der Waals surface area contributed by atoms with Gasteiger partial charge in [-0.3, -0.25) is 4.79 Å². The molecule has 0 saturated carbocycles. The van der Waals surface area contributed by atoms with E-state index in [1.807, 2.05) is 26.0 Å². The number of rotatable bonds is 2. The van der Waals surface area contributed by atoms with Gasteiger partial charge in [-0.15, -0.1) is 0 Å². The lowest BCUT2D eigenvalue weighted by molar-refractivity contribution is 0.103. The van der Waals surface area contributed by atoms with Gasteiger partial charge in [-0.2, -0.15) is 0 Å². The topological polar surface area (TPSA) is 52.3 Å². The molecule has 0 atom stereocenters. The number of nitrogen functional groups attached to an aromatic ring is 1. The smallest absolute Gasteiger partial charge is 0.195 e. The molecule has 0 unspecified atom stereocenters. The van der Waals surface area contributed by atoms with Crippen molar-refractivity contribution >= 4 is 23.1 Å². The highest BCUT2D eigenvalue weighted by atomic mass is 35.5. The number of ether oxygens (including phenoxy) is 1. The van der Waals surface area contributed by atoms with Crippen LogP contribution in [0.4, 0.5) is 5.69 Å². The number of fused-ring (bicyclic) bond motifs is 1. The normalized spacial score (nSPS) is 15.4. The Morgan fingerprint density at radius 2 is 2.00 bits per heavy atom. The first kappa shape index (κ1) is 14.0. The van der Waals surface area contributed by atoms with E-state index in [-0.39, 0.29) is 11.4 Å². The Bertz CT molecular complexity index is 738. The molecule has 2 aromatic carbocycles.